The Hall–Kier alpha value is -0.370. The first-order valence-corrected chi connectivity index (χ1v) is 6.06. The van der Waals surface area contributed by atoms with Crippen LogP contribution < -0.4 is 0 Å². The molecule has 1 N–H and O–H groups in total. The molecule has 0 aromatic rings. The number of rotatable bonds is 6. The average molecular weight is 197 g/mol. The third-order valence-corrected chi connectivity index (χ3v) is 2.83. The monoisotopic (exact) mass is 197 g/mol. The summed E-state index contributed by atoms with van der Waals surface area (Å²) in [7, 11) is 0. The van der Waals surface area contributed by atoms with E-state index < -0.39 is 0 Å². The predicted octanol–water partition coefficient (Wildman–Crippen LogP) is 2.94. The minimum Gasteiger partial charge on any atom is -0.396 e. The van der Waals surface area contributed by atoms with Gasteiger partial charge in [-0.05, 0) is 38.5 Å². The first-order chi connectivity index (χ1) is 6.93. The van der Waals surface area contributed by atoms with Gasteiger partial charge in [-0.2, -0.15) is 0 Å². The molecule has 0 unspecified atom stereocenters. The lowest BCUT2D eigenvalue weighted by Gasteiger charge is -2.12. The summed E-state index contributed by atoms with van der Waals surface area (Å²) in [5.74, 6) is 0. The van der Waals surface area contributed by atoms with Crippen molar-refractivity contribution in [2.24, 2.45) is 4.99 Å². The van der Waals surface area contributed by atoms with Gasteiger partial charge in [-0.25, -0.2) is 0 Å². The van der Waals surface area contributed by atoms with E-state index in [4.69, 9.17) is 5.11 Å². The van der Waals surface area contributed by atoms with Crippen LogP contribution in [0.1, 0.15) is 57.8 Å². The zero-order valence-electron chi connectivity index (χ0n) is 9.17. The average Bonchev–Trinajstić information content (AvgIpc) is 2.25. The number of aliphatic imine (C=N–C) groups is 1. The number of hydrogen-bond acceptors (Lipinski definition) is 2. The van der Waals surface area contributed by atoms with Gasteiger partial charge in [-0.3, -0.25) is 4.99 Å². The molecule has 82 valence electrons. The zero-order chi connectivity index (χ0) is 10.1. The Morgan fingerprint density at radius 2 is 1.64 bits per heavy atom. The summed E-state index contributed by atoms with van der Waals surface area (Å²) in [6.45, 7) is 1.36. The Morgan fingerprint density at radius 3 is 2.36 bits per heavy atom. The maximum Gasteiger partial charge on any atom is 0.0431 e. The standard InChI is InChI=1S/C12H23NO/c14-11-7-2-1-6-10-13-12-8-4-3-5-9-12/h14H,1-11H2. The summed E-state index contributed by atoms with van der Waals surface area (Å²) in [6.07, 6.45) is 11.1. The molecule has 2 heteroatoms. The first kappa shape index (κ1) is 11.7. The second-order valence-corrected chi connectivity index (χ2v) is 4.15. The molecule has 1 aliphatic carbocycles. The van der Waals surface area contributed by atoms with Gasteiger partial charge >= 0.3 is 0 Å². The highest BCUT2D eigenvalue weighted by atomic mass is 16.2. The van der Waals surface area contributed by atoms with Crippen molar-refractivity contribution in [2.45, 2.75) is 57.8 Å². The van der Waals surface area contributed by atoms with Crippen molar-refractivity contribution in [2.75, 3.05) is 13.2 Å². The van der Waals surface area contributed by atoms with Gasteiger partial charge in [0.1, 0.15) is 0 Å². The fourth-order valence-electron chi connectivity index (χ4n) is 1.93. The minimum atomic E-state index is 0.342. The van der Waals surface area contributed by atoms with Crippen LogP contribution in [0.5, 0.6) is 0 Å². The lowest BCUT2D eigenvalue weighted by Crippen LogP contribution is -2.05. The summed E-state index contributed by atoms with van der Waals surface area (Å²) in [4.78, 5) is 4.63. The molecule has 14 heavy (non-hydrogen) atoms. The number of hydrogen-bond donors (Lipinski definition) is 1. The van der Waals surface area contributed by atoms with E-state index in [1.807, 2.05) is 0 Å². The van der Waals surface area contributed by atoms with Crippen LogP contribution in [0.2, 0.25) is 0 Å². The van der Waals surface area contributed by atoms with Gasteiger partial charge in [-0.15, -0.1) is 0 Å². The van der Waals surface area contributed by atoms with Crippen LogP contribution in [-0.4, -0.2) is 24.0 Å². The van der Waals surface area contributed by atoms with E-state index in [9.17, 15) is 0 Å². The number of nitrogens with zero attached hydrogens (tertiary/aromatic N) is 1. The molecule has 1 aliphatic rings. The summed E-state index contributed by atoms with van der Waals surface area (Å²) < 4.78 is 0. The van der Waals surface area contributed by atoms with Gasteiger partial charge < -0.3 is 5.11 Å². The molecule has 0 aromatic heterocycles. The van der Waals surface area contributed by atoms with E-state index in [1.54, 1.807) is 0 Å². The van der Waals surface area contributed by atoms with Gasteiger partial charge in [0, 0.05) is 18.9 Å². The summed E-state index contributed by atoms with van der Waals surface area (Å²) in [6, 6.07) is 0. The molecule has 1 rings (SSSR count). The van der Waals surface area contributed by atoms with Crippen molar-refractivity contribution in [3.05, 3.63) is 0 Å². The molecule has 1 saturated carbocycles. The molecular formula is C12H23NO. The van der Waals surface area contributed by atoms with Crippen LogP contribution in [0.15, 0.2) is 4.99 Å². The van der Waals surface area contributed by atoms with E-state index in [0.29, 0.717) is 6.61 Å². The lowest BCUT2D eigenvalue weighted by atomic mass is 9.98. The van der Waals surface area contributed by atoms with Crippen molar-refractivity contribution in [3.8, 4) is 0 Å². The first-order valence-electron chi connectivity index (χ1n) is 6.06. The Labute approximate surface area is 87.4 Å². The van der Waals surface area contributed by atoms with Gasteiger partial charge in [-0.1, -0.05) is 19.3 Å². The lowest BCUT2D eigenvalue weighted by molar-refractivity contribution is 0.282. The van der Waals surface area contributed by atoms with Crippen LogP contribution in [0.4, 0.5) is 0 Å². The largest absolute Gasteiger partial charge is 0.396 e. The van der Waals surface area contributed by atoms with Crippen molar-refractivity contribution in [3.63, 3.8) is 0 Å². The molecule has 0 spiro atoms. The maximum atomic E-state index is 8.60. The van der Waals surface area contributed by atoms with Gasteiger partial charge in [0.25, 0.3) is 0 Å². The molecule has 0 atom stereocenters. The van der Waals surface area contributed by atoms with Crippen molar-refractivity contribution >= 4 is 5.71 Å². The second-order valence-electron chi connectivity index (χ2n) is 4.15. The summed E-state index contributed by atoms with van der Waals surface area (Å²) in [5.41, 5.74) is 1.46. The van der Waals surface area contributed by atoms with Crippen molar-refractivity contribution < 1.29 is 5.11 Å². The number of unbranched alkanes of at least 4 members (excludes halogenated alkanes) is 3. The molecule has 0 bridgehead atoms. The quantitative estimate of drug-likeness (QED) is 0.652. The molecule has 1 fully saturated rings. The fraction of sp³-hybridized carbons (Fsp3) is 0.917. The van der Waals surface area contributed by atoms with E-state index in [2.05, 4.69) is 4.99 Å². The van der Waals surface area contributed by atoms with Gasteiger partial charge in [0.15, 0.2) is 0 Å². The molecule has 0 amide bonds. The topological polar surface area (TPSA) is 32.6 Å². The number of aliphatic hydroxyl groups excluding tert-OH is 1. The van der Waals surface area contributed by atoms with Gasteiger partial charge in [0.2, 0.25) is 0 Å². The Bertz CT molecular complexity index is 158. The van der Waals surface area contributed by atoms with Crippen LogP contribution in [-0.2, 0) is 0 Å². The van der Waals surface area contributed by atoms with E-state index >= 15 is 0 Å². The summed E-state index contributed by atoms with van der Waals surface area (Å²) in [5, 5.41) is 8.60. The Morgan fingerprint density at radius 1 is 0.929 bits per heavy atom. The van der Waals surface area contributed by atoms with E-state index in [-0.39, 0.29) is 0 Å². The van der Waals surface area contributed by atoms with Gasteiger partial charge in [0.05, 0.1) is 0 Å². The third-order valence-electron chi connectivity index (χ3n) is 2.83. The van der Waals surface area contributed by atoms with Crippen LogP contribution >= 0.6 is 0 Å². The van der Waals surface area contributed by atoms with Crippen LogP contribution in [0, 0.1) is 0 Å². The molecule has 0 aromatic carbocycles. The third kappa shape index (κ3) is 5.38. The highest BCUT2D eigenvalue weighted by molar-refractivity contribution is 5.84. The van der Waals surface area contributed by atoms with Crippen LogP contribution in [0.3, 0.4) is 0 Å². The smallest absolute Gasteiger partial charge is 0.0431 e. The predicted molar refractivity (Wildman–Crippen MR) is 60.9 cm³/mol. The fourth-order valence-corrected chi connectivity index (χ4v) is 1.93. The van der Waals surface area contributed by atoms with E-state index in [0.717, 1.165) is 19.4 Å². The van der Waals surface area contributed by atoms with E-state index in [1.165, 1.54) is 50.7 Å². The Balaban J connectivity index is 1.95. The summed E-state index contributed by atoms with van der Waals surface area (Å²) >= 11 is 0. The molecular weight excluding hydrogens is 174 g/mol. The second kappa shape index (κ2) is 7.98. The van der Waals surface area contributed by atoms with Crippen molar-refractivity contribution in [1.82, 2.24) is 0 Å². The molecule has 0 heterocycles. The Kier molecular flexibility index (Phi) is 6.67. The molecule has 2 nitrogen and oxygen atoms in total. The number of aliphatic hydroxyl groups is 1. The molecule has 0 saturated heterocycles. The molecule has 0 radical (unpaired) electrons. The zero-order valence-corrected chi connectivity index (χ0v) is 9.17. The minimum absolute atomic E-state index is 0.342. The van der Waals surface area contributed by atoms with Crippen LogP contribution in [0.25, 0.3) is 0 Å². The van der Waals surface area contributed by atoms with Crippen molar-refractivity contribution in [1.29, 1.82) is 0 Å². The molecule has 0 aliphatic heterocycles. The highest BCUT2D eigenvalue weighted by Crippen LogP contribution is 2.14. The maximum absolute atomic E-state index is 8.60. The highest BCUT2D eigenvalue weighted by Gasteiger charge is 2.05. The SMILES string of the molecule is OCCCCCCN=C1CCCCC1. The normalized spacial score (nSPS) is 17.1.